The minimum absolute atomic E-state index is 0.355. The number of aryl methyl sites for hydroxylation is 1. The van der Waals surface area contributed by atoms with Crippen molar-refractivity contribution >= 4 is 17.3 Å². The van der Waals surface area contributed by atoms with E-state index < -0.39 is 23.2 Å². The molecule has 0 aliphatic rings. The van der Waals surface area contributed by atoms with Crippen LogP contribution in [0.5, 0.6) is 5.75 Å². The van der Waals surface area contributed by atoms with Gasteiger partial charge in [-0.15, -0.1) is 0 Å². The highest BCUT2D eigenvalue weighted by Crippen LogP contribution is 2.25. The Morgan fingerprint density at radius 2 is 1.92 bits per heavy atom. The Labute approximate surface area is 143 Å². The number of hydrogen-bond acceptors (Lipinski definition) is 4. The number of anilines is 2. The standard InChI is InChI=1S/C18H15F2N3O2/c1-11-6-7-16(25-2)15(8-11)23-18(24)12(9-21)10-22-17-13(19)4-3-5-14(17)20/h3-8,10,22H,1-2H3,(H,23,24)/b12-10-. The number of nitrogens with one attached hydrogen (secondary N) is 2. The highest BCUT2D eigenvalue weighted by molar-refractivity contribution is 6.07. The summed E-state index contributed by atoms with van der Waals surface area (Å²) in [6.45, 7) is 1.83. The summed E-state index contributed by atoms with van der Waals surface area (Å²) in [4.78, 5) is 12.2. The number of amides is 1. The van der Waals surface area contributed by atoms with E-state index in [9.17, 15) is 13.6 Å². The number of methoxy groups -OCH3 is 1. The number of benzene rings is 2. The molecule has 0 saturated carbocycles. The van der Waals surface area contributed by atoms with Gasteiger partial charge in [0.05, 0.1) is 12.8 Å². The molecular weight excluding hydrogens is 328 g/mol. The first-order valence-corrected chi connectivity index (χ1v) is 7.23. The molecule has 0 saturated heterocycles. The van der Waals surface area contributed by atoms with E-state index in [1.165, 1.54) is 13.2 Å². The van der Waals surface area contributed by atoms with Crippen LogP contribution in [0.3, 0.4) is 0 Å². The fourth-order valence-corrected chi connectivity index (χ4v) is 2.04. The van der Waals surface area contributed by atoms with Crippen molar-refractivity contribution in [1.82, 2.24) is 0 Å². The van der Waals surface area contributed by atoms with Gasteiger partial charge < -0.3 is 15.4 Å². The van der Waals surface area contributed by atoms with E-state index in [2.05, 4.69) is 10.6 Å². The zero-order valence-electron chi connectivity index (χ0n) is 13.6. The third-order valence-electron chi connectivity index (χ3n) is 3.29. The summed E-state index contributed by atoms with van der Waals surface area (Å²) in [6.07, 6.45) is 0.944. The van der Waals surface area contributed by atoms with Gasteiger partial charge in [0.25, 0.3) is 5.91 Å². The average Bonchev–Trinajstić information content (AvgIpc) is 2.58. The van der Waals surface area contributed by atoms with E-state index in [1.54, 1.807) is 24.3 Å². The summed E-state index contributed by atoms with van der Waals surface area (Å²) in [5.41, 5.74) is 0.457. The molecule has 1 amide bonds. The molecule has 0 bridgehead atoms. The monoisotopic (exact) mass is 343 g/mol. The predicted octanol–water partition coefficient (Wildman–Crippen LogP) is 3.74. The first-order chi connectivity index (χ1) is 12.0. The molecule has 0 unspecified atom stereocenters. The van der Waals surface area contributed by atoms with Crippen molar-refractivity contribution in [1.29, 1.82) is 5.26 Å². The number of carbonyl (C=O) groups is 1. The maximum absolute atomic E-state index is 13.6. The van der Waals surface area contributed by atoms with Gasteiger partial charge in [-0.1, -0.05) is 12.1 Å². The van der Waals surface area contributed by atoms with Gasteiger partial charge in [0.2, 0.25) is 0 Å². The molecule has 25 heavy (non-hydrogen) atoms. The van der Waals surface area contributed by atoms with E-state index in [0.29, 0.717) is 11.4 Å². The predicted molar refractivity (Wildman–Crippen MR) is 90.0 cm³/mol. The Morgan fingerprint density at radius 1 is 1.24 bits per heavy atom. The molecule has 128 valence electrons. The van der Waals surface area contributed by atoms with Crippen LogP contribution in [0.2, 0.25) is 0 Å². The lowest BCUT2D eigenvalue weighted by molar-refractivity contribution is -0.112. The molecule has 2 rings (SSSR count). The largest absolute Gasteiger partial charge is 0.495 e. The lowest BCUT2D eigenvalue weighted by Gasteiger charge is -2.11. The molecule has 0 aliphatic heterocycles. The summed E-state index contributed by atoms with van der Waals surface area (Å²) in [7, 11) is 1.45. The number of carbonyl (C=O) groups excluding carboxylic acids is 1. The number of halogens is 2. The van der Waals surface area contributed by atoms with Crippen LogP contribution in [0.4, 0.5) is 20.2 Å². The Balaban J connectivity index is 2.22. The van der Waals surface area contributed by atoms with Gasteiger partial charge in [0.15, 0.2) is 0 Å². The summed E-state index contributed by atoms with van der Waals surface area (Å²) in [5.74, 6) is -2.00. The normalized spacial score (nSPS) is 10.8. The van der Waals surface area contributed by atoms with Gasteiger partial charge in [-0.3, -0.25) is 4.79 Å². The minimum Gasteiger partial charge on any atom is -0.495 e. The molecule has 0 radical (unpaired) electrons. The first-order valence-electron chi connectivity index (χ1n) is 7.23. The molecule has 2 aromatic rings. The van der Waals surface area contributed by atoms with Crippen LogP contribution in [0.25, 0.3) is 0 Å². The van der Waals surface area contributed by atoms with Crippen molar-refractivity contribution in [3.63, 3.8) is 0 Å². The van der Waals surface area contributed by atoms with Crippen LogP contribution in [0.1, 0.15) is 5.56 Å². The number of hydrogen-bond donors (Lipinski definition) is 2. The zero-order valence-corrected chi connectivity index (χ0v) is 13.6. The molecule has 7 heteroatoms. The Hall–Kier alpha value is -3.40. The van der Waals surface area contributed by atoms with Crippen molar-refractivity contribution in [3.05, 3.63) is 65.4 Å². The second-order valence-electron chi connectivity index (χ2n) is 5.07. The maximum atomic E-state index is 13.6. The van der Waals surface area contributed by atoms with Crippen LogP contribution in [0.15, 0.2) is 48.2 Å². The third kappa shape index (κ3) is 4.32. The second-order valence-corrected chi connectivity index (χ2v) is 5.07. The van der Waals surface area contributed by atoms with E-state index >= 15 is 0 Å². The van der Waals surface area contributed by atoms with E-state index in [0.717, 1.165) is 23.9 Å². The fraction of sp³-hybridized carbons (Fsp3) is 0.111. The molecule has 5 nitrogen and oxygen atoms in total. The van der Waals surface area contributed by atoms with Crippen LogP contribution in [-0.2, 0) is 4.79 Å². The zero-order chi connectivity index (χ0) is 18.4. The summed E-state index contributed by atoms with van der Waals surface area (Å²) >= 11 is 0. The SMILES string of the molecule is COc1ccc(C)cc1NC(=O)/C(C#N)=C\Nc1c(F)cccc1F. The van der Waals surface area contributed by atoms with E-state index in [4.69, 9.17) is 10.00 Å². The molecule has 2 aromatic carbocycles. The van der Waals surface area contributed by atoms with Gasteiger partial charge in [-0.2, -0.15) is 5.26 Å². The van der Waals surface area contributed by atoms with Crippen molar-refractivity contribution in [2.75, 3.05) is 17.7 Å². The van der Waals surface area contributed by atoms with Gasteiger partial charge in [-0.05, 0) is 36.8 Å². The molecule has 0 aromatic heterocycles. The van der Waals surface area contributed by atoms with Crippen LogP contribution in [0, 0.1) is 29.9 Å². The van der Waals surface area contributed by atoms with Crippen LogP contribution < -0.4 is 15.4 Å². The van der Waals surface area contributed by atoms with Crippen LogP contribution >= 0.6 is 0 Å². The molecule has 2 N–H and O–H groups in total. The minimum atomic E-state index is -0.839. The first kappa shape index (κ1) is 17.9. The highest BCUT2D eigenvalue weighted by Gasteiger charge is 2.14. The summed E-state index contributed by atoms with van der Waals surface area (Å²) in [6, 6.07) is 10.2. The fourth-order valence-electron chi connectivity index (χ4n) is 2.04. The Morgan fingerprint density at radius 3 is 2.52 bits per heavy atom. The highest BCUT2D eigenvalue weighted by atomic mass is 19.1. The topological polar surface area (TPSA) is 74.1 Å². The number of nitrogens with zero attached hydrogens (tertiary/aromatic N) is 1. The van der Waals surface area contributed by atoms with Gasteiger partial charge >= 0.3 is 0 Å². The van der Waals surface area contributed by atoms with Crippen LogP contribution in [-0.4, -0.2) is 13.0 Å². The lowest BCUT2D eigenvalue weighted by atomic mass is 10.2. The van der Waals surface area contributed by atoms with Gasteiger partial charge in [0.1, 0.15) is 34.7 Å². The number of para-hydroxylation sites is 1. The Kier molecular flexibility index (Phi) is 5.69. The molecule has 0 heterocycles. The van der Waals surface area contributed by atoms with Gasteiger partial charge in [-0.25, -0.2) is 8.78 Å². The Bertz CT molecular complexity index is 853. The molecule has 0 atom stereocenters. The average molecular weight is 343 g/mol. The molecule has 0 fully saturated rings. The van der Waals surface area contributed by atoms with E-state index in [-0.39, 0.29) is 5.57 Å². The molecule has 0 aliphatic carbocycles. The maximum Gasteiger partial charge on any atom is 0.267 e. The third-order valence-corrected chi connectivity index (χ3v) is 3.29. The lowest BCUT2D eigenvalue weighted by Crippen LogP contribution is -2.15. The second kappa shape index (κ2) is 7.93. The van der Waals surface area contributed by atoms with Crippen molar-refractivity contribution in [2.24, 2.45) is 0 Å². The molecular formula is C18H15F2N3O2. The number of rotatable bonds is 5. The summed E-state index contributed by atoms with van der Waals surface area (Å²) in [5, 5.41) is 14.0. The number of ether oxygens (including phenoxy) is 1. The van der Waals surface area contributed by atoms with Crippen molar-refractivity contribution in [2.45, 2.75) is 6.92 Å². The quantitative estimate of drug-likeness (QED) is 0.641. The molecule has 0 spiro atoms. The van der Waals surface area contributed by atoms with Gasteiger partial charge in [0, 0.05) is 6.20 Å². The van der Waals surface area contributed by atoms with Crippen molar-refractivity contribution in [3.8, 4) is 11.8 Å². The number of nitriles is 1. The summed E-state index contributed by atoms with van der Waals surface area (Å²) < 4.78 is 32.3. The smallest absolute Gasteiger partial charge is 0.267 e. The van der Waals surface area contributed by atoms with Crippen molar-refractivity contribution < 1.29 is 18.3 Å². The van der Waals surface area contributed by atoms with E-state index in [1.807, 2.05) is 6.92 Å².